The quantitative estimate of drug-likeness (QED) is 0.614. The maximum atomic E-state index is 12.6. The summed E-state index contributed by atoms with van der Waals surface area (Å²) in [5, 5.41) is 13.3. The van der Waals surface area contributed by atoms with Crippen LogP contribution in [0.2, 0.25) is 0 Å². The topological polar surface area (TPSA) is 137 Å². The lowest BCUT2D eigenvalue weighted by Gasteiger charge is -2.28. The van der Waals surface area contributed by atoms with Crippen LogP contribution in [0.4, 0.5) is 4.79 Å². The normalized spacial score (nSPS) is 19.8. The average molecular weight is 414 g/mol. The summed E-state index contributed by atoms with van der Waals surface area (Å²) in [5.41, 5.74) is -0.900. The first-order valence-electron chi connectivity index (χ1n) is 8.58. The van der Waals surface area contributed by atoms with Gasteiger partial charge in [0, 0.05) is 0 Å². The van der Waals surface area contributed by atoms with Crippen LogP contribution in [0.5, 0.6) is 11.5 Å². The number of hydrogen-bond acceptors (Lipinski definition) is 6. The molecule has 10 heteroatoms. The number of amides is 3. The molecule has 0 saturated carbocycles. The molecule has 9 nitrogen and oxygen atoms in total. The zero-order valence-corrected chi connectivity index (χ0v) is 16.4. The van der Waals surface area contributed by atoms with E-state index in [-0.39, 0.29) is 4.90 Å². The first kappa shape index (κ1) is 20.3. The largest absolute Gasteiger partial charge is 0.457 e. The number of ether oxygens (including phenoxy) is 1. The van der Waals surface area contributed by atoms with Crippen LogP contribution < -0.4 is 20.1 Å². The average Bonchev–Trinajstić information content (AvgIpc) is 2.95. The molecule has 1 unspecified atom stereocenters. The molecule has 0 aliphatic carbocycles. The highest BCUT2D eigenvalue weighted by molar-refractivity contribution is 7.89. The van der Waals surface area contributed by atoms with Gasteiger partial charge in [0.2, 0.25) is 10.0 Å². The van der Waals surface area contributed by atoms with Gasteiger partial charge in [-0.2, -0.15) is 5.26 Å². The molecule has 0 bridgehead atoms. The summed E-state index contributed by atoms with van der Waals surface area (Å²) in [7, 11) is -3.95. The molecule has 1 aliphatic rings. The van der Waals surface area contributed by atoms with Crippen molar-refractivity contribution in [3.63, 3.8) is 0 Å². The molecule has 1 saturated heterocycles. The van der Waals surface area contributed by atoms with Crippen molar-refractivity contribution < 1.29 is 22.7 Å². The summed E-state index contributed by atoms with van der Waals surface area (Å²) < 4.78 is 33.3. The predicted molar refractivity (Wildman–Crippen MR) is 103 cm³/mol. The first-order chi connectivity index (χ1) is 13.6. The van der Waals surface area contributed by atoms with Crippen LogP contribution in [-0.2, 0) is 14.8 Å². The number of carbonyl (C=O) groups is 2. The van der Waals surface area contributed by atoms with Crippen LogP contribution in [0.25, 0.3) is 0 Å². The number of sulfonamides is 1. The minimum atomic E-state index is -3.95. The number of nitrogens with zero attached hydrogens (tertiary/aromatic N) is 1. The third kappa shape index (κ3) is 4.21. The third-order valence-electron chi connectivity index (χ3n) is 4.62. The van der Waals surface area contributed by atoms with E-state index >= 15 is 0 Å². The predicted octanol–water partition coefficient (Wildman–Crippen LogP) is 1.62. The second kappa shape index (κ2) is 7.54. The molecule has 2 aromatic carbocycles. The van der Waals surface area contributed by atoms with Crippen LogP contribution in [0, 0.1) is 11.3 Å². The number of nitrogens with one attached hydrogen (secondary N) is 3. The van der Waals surface area contributed by atoms with E-state index in [0.29, 0.717) is 17.1 Å². The highest BCUT2D eigenvalue weighted by atomic mass is 32.2. The molecule has 3 rings (SSSR count). The van der Waals surface area contributed by atoms with Crippen LogP contribution in [0.3, 0.4) is 0 Å². The van der Waals surface area contributed by atoms with E-state index in [1.54, 1.807) is 24.3 Å². The van der Waals surface area contributed by atoms with Crippen molar-refractivity contribution >= 4 is 22.0 Å². The Morgan fingerprint density at radius 3 is 2.10 bits per heavy atom. The van der Waals surface area contributed by atoms with Crippen molar-refractivity contribution in [1.29, 1.82) is 5.26 Å². The van der Waals surface area contributed by atoms with Gasteiger partial charge >= 0.3 is 6.03 Å². The fourth-order valence-electron chi connectivity index (χ4n) is 2.70. The third-order valence-corrected chi connectivity index (χ3v) is 6.18. The van der Waals surface area contributed by atoms with Gasteiger partial charge in [-0.15, -0.1) is 0 Å². The van der Waals surface area contributed by atoms with Crippen LogP contribution in [0.1, 0.15) is 19.4 Å². The van der Waals surface area contributed by atoms with Gasteiger partial charge in [0.1, 0.15) is 17.0 Å². The van der Waals surface area contributed by atoms with Gasteiger partial charge in [-0.25, -0.2) is 17.9 Å². The molecule has 3 N–H and O–H groups in total. The number of nitriles is 1. The second-order valence-electron chi connectivity index (χ2n) is 6.66. The smallest absolute Gasteiger partial charge is 0.322 e. The molecule has 0 spiro atoms. The summed E-state index contributed by atoms with van der Waals surface area (Å²) in [6.45, 7) is 2.93. The highest BCUT2D eigenvalue weighted by Gasteiger charge is 2.47. The lowest BCUT2D eigenvalue weighted by molar-refractivity contribution is -0.124. The molecular weight excluding hydrogens is 396 g/mol. The lowest BCUT2D eigenvalue weighted by Crippen LogP contribution is -2.59. The maximum absolute atomic E-state index is 12.6. The number of benzene rings is 2. The Kier molecular flexibility index (Phi) is 5.28. The summed E-state index contributed by atoms with van der Waals surface area (Å²) in [6, 6.07) is 12.6. The second-order valence-corrected chi connectivity index (χ2v) is 8.38. The molecule has 0 aromatic heterocycles. The van der Waals surface area contributed by atoms with Gasteiger partial charge in [0.25, 0.3) is 5.91 Å². The zero-order valence-electron chi connectivity index (χ0n) is 15.6. The molecule has 0 radical (unpaired) electrons. The zero-order chi connectivity index (χ0) is 21.2. The van der Waals surface area contributed by atoms with Crippen molar-refractivity contribution in [2.75, 3.05) is 0 Å². The van der Waals surface area contributed by atoms with Crippen molar-refractivity contribution in [3.05, 3.63) is 54.1 Å². The number of imide groups is 1. The van der Waals surface area contributed by atoms with Gasteiger partial charge < -0.3 is 10.1 Å². The van der Waals surface area contributed by atoms with E-state index in [0.717, 1.165) is 0 Å². The van der Waals surface area contributed by atoms with Crippen LogP contribution >= 0.6 is 0 Å². The Morgan fingerprint density at radius 2 is 1.62 bits per heavy atom. The van der Waals surface area contributed by atoms with Crippen molar-refractivity contribution in [3.8, 4) is 17.6 Å². The van der Waals surface area contributed by atoms with Crippen molar-refractivity contribution in [1.82, 2.24) is 15.4 Å². The molecule has 29 heavy (non-hydrogen) atoms. The summed E-state index contributed by atoms with van der Waals surface area (Å²) in [6.07, 6.45) is 0. The van der Waals surface area contributed by atoms with Gasteiger partial charge in [0.15, 0.2) is 0 Å². The molecule has 2 aromatic rings. The standard InChI is InChI=1S/C19H18N4O5S/c1-12(19(2)17(24)21-18(25)22-19)23-29(26,27)16-9-7-15(8-10-16)28-14-5-3-13(11-20)4-6-14/h3-10,12,23H,1-2H3,(H2,21,22,24,25)/t12-,19?/m1/s1. The van der Waals surface area contributed by atoms with E-state index in [1.807, 2.05) is 6.07 Å². The SMILES string of the molecule is C[C@@H](NS(=O)(=O)c1ccc(Oc2ccc(C#N)cc2)cc1)C1(C)NC(=O)NC1=O. The van der Waals surface area contributed by atoms with Gasteiger partial charge in [-0.05, 0) is 62.4 Å². The first-order valence-corrected chi connectivity index (χ1v) is 10.1. The molecular formula is C19H18N4O5S. The summed E-state index contributed by atoms with van der Waals surface area (Å²) >= 11 is 0. The van der Waals surface area contributed by atoms with Crippen LogP contribution in [0.15, 0.2) is 53.4 Å². The molecule has 1 fully saturated rings. The Balaban J connectivity index is 1.71. The fourth-order valence-corrected chi connectivity index (χ4v) is 4.03. The minimum absolute atomic E-state index is 0.0233. The van der Waals surface area contributed by atoms with Crippen LogP contribution in [-0.4, -0.2) is 31.9 Å². The van der Waals surface area contributed by atoms with E-state index in [9.17, 15) is 18.0 Å². The Hall–Kier alpha value is -3.42. The Morgan fingerprint density at radius 1 is 1.07 bits per heavy atom. The summed E-state index contributed by atoms with van der Waals surface area (Å²) in [4.78, 5) is 23.3. The monoisotopic (exact) mass is 414 g/mol. The highest BCUT2D eigenvalue weighted by Crippen LogP contribution is 2.24. The van der Waals surface area contributed by atoms with Crippen molar-refractivity contribution in [2.24, 2.45) is 0 Å². The van der Waals surface area contributed by atoms with E-state index in [4.69, 9.17) is 10.00 Å². The minimum Gasteiger partial charge on any atom is -0.457 e. The summed E-state index contributed by atoms with van der Waals surface area (Å²) in [5.74, 6) is 0.308. The molecule has 3 amide bonds. The molecule has 1 aliphatic heterocycles. The van der Waals surface area contributed by atoms with Gasteiger partial charge in [0.05, 0.1) is 22.6 Å². The fraction of sp³-hybridized carbons (Fsp3) is 0.211. The molecule has 2 atom stereocenters. The van der Waals surface area contributed by atoms with Crippen molar-refractivity contribution in [2.45, 2.75) is 30.3 Å². The van der Waals surface area contributed by atoms with E-state index < -0.39 is 33.5 Å². The maximum Gasteiger partial charge on any atom is 0.322 e. The number of carbonyl (C=O) groups excluding carboxylic acids is 2. The van der Waals surface area contributed by atoms with E-state index in [2.05, 4.69) is 15.4 Å². The number of rotatable bonds is 6. The van der Waals surface area contributed by atoms with Gasteiger partial charge in [-0.1, -0.05) is 0 Å². The number of urea groups is 1. The number of hydrogen-bond donors (Lipinski definition) is 3. The molecule has 1 heterocycles. The molecule has 150 valence electrons. The van der Waals surface area contributed by atoms with E-state index in [1.165, 1.54) is 38.1 Å². The lowest BCUT2D eigenvalue weighted by atomic mass is 9.95. The Labute approximate surface area is 167 Å². The van der Waals surface area contributed by atoms with Gasteiger partial charge in [-0.3, -0.25) is 10.1 Å². The Bertz CT molecular complexity index is 1090.